The Labute approximate surface area is 202 Å². The van der Waals surface area contributed by atoms with Crippen molar-refractivity contribution in [2.24, 2.45) is 0 Å². The van der Waals surface area contributed by atoms with E-state index in [1.54, 1.807) is 6.33 Å². The van der Waals surface area contributed by atoms with E-state index in [0.717, 1.165) is 28.1 Å². The van der Waals surface area contributed by atoms with Crippen LogP contribution in [0.1, 0.15) is 34.0 Å². The average molecular weight is 466 g/mol. The highest BCUT2D eigenvalue weighted by molar-refractivity contribution is 5.93. The van der Waals surface area contributed by atoms with Gasteiger partial charge in [-0.3, -0.25) is 4.79 Å². The van der Waals surface area contributed by atoms with Gasteiger partial charge in [0.25, 0.3) is 0 Å². The summed E-state index contributed by atoms with van der Waals surface area (Å²) in [5.41, 5.74) is 4.17. The molecule has 0 saturated carbocycles. The molecule has 0 bridgehead atoms. The van der Waals surface area contributed by atoms with E-state index < -0.39 is 17.9 Å². The second-order valence-corrected chi connectivity index (χ2v) is 8.89. The fraction of sp³-hybridized carbons (Fsp3) is 0.179. The van der Waals surface area contributed by atoms with E-state index in [1.807, 2.05) is 83.4 Å². The van der Waals surface area contributed by atoms with Crippen LogP contribution >= 0.6 is 0 Å². The van der Waals surface area contributed by atoms with Crippen LogP contribution in [0.15, 0.2) is 85.2 Å². The highest BCUT2D eigenvalue weighted by Crippen LogP contribution is 2.45. The lowest BCUT2D eigenvalue weighted by molar-refractivity contribution is -0.151. The number of carboxylic acids is 1. The van der Waals surface area contributed by atoms with E-state index in [4.69, 9.17) is 4.74 Å². The van der Waals surface area contributed by atoms with Gasteiger partial charge in [0.05, 0.1) is 24.5 Å². The number of amides is 1. The molecule has 4 aromatic rings. The lowest BCUT2D eigenvalue weighted by Crippen LogP contribution is -2.51. The van der Waals surface area contributed by atoms with Gasteiger partial charge in [0.1, 0.15) is 17.5 Å². The van der Waals surface area contributed by atoms with Crippen LogP contribution in [-0.4, -0.2) is 37.5 Å². The molecule has 1 N–H and O–H groups in total. The molecule has 0 spiro atoms. The molecule has 1 amide bonds. The number of aliphatic carboxylic acids is 1. The van der Waals surface area contributed by atoms with Gasteiger partial charge in [0, 0.05) is 29.8 Å². The Morgan fingerprint density at radius 2 is 1.54 bits per heavy atom. The van der Waals surface area contributed by atoms with Crippen LogP contribution in [0.4, 0.5) is 0 Å². The van der Waals surface area contributed by atoms with Crippen LogP contribution in [0, 0.1) is 0 Å². The molecule has 0 aliphatic carbocycles. The maximum atomic E-state index is 14.1. The van der Waals surface area contributed by atoms with Crippen LogP contribution < -0.4 is 4.74 Å². The molecule has 1 atom stereocenters. The zero-order valence-corrected chi connectivity index (χ0v) is 18.9. The second-order valence-electron chi connectivity index (χ2n) is 8.89. The topological polar surface area (TPSA) is 84.7 Å². The third-order valence-electron chi connectivity index (χ3n) is 6.81. The summed E-state index contributed by atoms with van der Waals surface area (Å²) >= 11 is 0. The van der Waals surface area contributed by atoms with Crippen LogP contribution in [0.5, 0.6) is 11.5 Å². The van der Waals surface area contributed by atoms with Crippen molar-refractivity contribution >= 4 is 11.9 Å². The van der Waals surface area contributed by atoms with Crippen molar-refractivity contribution in [3.63, 3.8) is 0 Å². The molecule has 6 rings (SSSR count). The number of hydrogen-bond donors (Lipinski definition) is 1. The predicted octanol–water partition coefficient (Wildman–Crippen LogP) is 4.21. The van der Waals surface area contributed by atoms with Gasteiger partial charge in [-0.25, -0.2) is 9.78 Å². The molecular formula is C28H23N3O4. The van der Waals surface area contributed by atoms with Gasteiger partial charge in [-0.2, -0.15) is 0 Å². The molecule has 0 radical (unpaired) electrons. The molecule has 7 nitrogen and oxygen atoms in total. The van der Waals surface area contributed by atoms with Crippen LogP contribution in [0.25, 0.3) is 0 Å². The third-order valence-corrected chi connectivity index (χ3v) is 6.81. The quantitative estimate of drug-likeness (QED) is 0.488. The Bertz CT molecular complexity index is 1380. The molecular weight excluding hydrogens is 442 g/mol. The van der Waals surface area contributed by atoms with Crippen LogP contribution in [0.3, 0.4) is 0 Å². The zero-order valence-electron chi connectivity index (χ0n) is 18.9. The molecule has 1 unspecified atom stereocenters. The predicted molar refractivity (Wildman–Crippen MR) is 128 cm³/mol. The average Bonchev–Trinajstić information content (AvgIpc) is 3.28. The molecule has 0 fully saturated rings. The number of aromatic nitrogens is 2. The Kier molecular flexibility index (Phi) is 5.10. The monoisotopic (exact) mass is 465 g/mol. The lowest BCUT2D eigenvalue weighted by atomic mass is 9.85. The van der Waals surface area contributed by atoms with E-state index in [0.29, 0.717) is 18.0 Å². The summed E-state index contributed by atoms with van der Waals surface area (Å²) < 4.78 is 8.02. The van der Waals surface area contributed by atoms with Gasteiger partial charge in [-0.1, -0.05) is 66.7 Å². The highest BCUT2D eigenvalue weighted by atomic mass is 16.5. The summed E-state index contributed by atoms with van der Waals surface area (Å²) in [6.07, 6.45) is 1.94. The SMILES string of the molecule is O=C(O)C1Cc2c(ncn2Cc2ccccc2)CN1C(=O)C1c2ccccc2Oc2ccccc21. The second kappa shape index (κ2) is 8.43. The first-order chi connectivity index (χ1) is 17.1. The van der Waals surface area contributed by atoms with Crippen molar-refractivity contribution < 1.29 is 19.4 Å². The third kappa shape index (κ3) is 3.65. The van der Waals surface area contributed by atoms with E-state index in [9.17, 15) is 14.7 Å². The molecule has 35 heavy (non-hydrogen) atoms. The van der Waals surface area contributed by atoms with Crippen molar-refractivity contribution in [2.75, 3.05) is 0 Å². The molecule has 7 heteroatoms. The first-order valence-corrected chi connectivity index (χ1v) is 11.6. The minimum Gasteiger partial charge on any atom is -0.480 e. The Morgan fingerprint density at radius 3 is 2.20 bits per heavy atom. The minimum absolute atomic E-state index is 0.147. The van der Waals surface area contributed by atoms with Crippen LogP contribution in [-0.2, 0) is 29.1 Å². The minimum atomic E-state index is -1.02. The zero-order chi connectivity index (χ0) is 23.9. The number of nitrogens with zero attached hydrogens (tertiary/aromatic N) is 3. The number of rotatable bonds is 4. The molecule has 0 saturated heterocycles. The first kappa shape index (κ1) is 21.2. The van der Waals surface area contributed by atoms with Gasteiger partial charge in [0.2, 0.25) is 5.91 Å². The summed E-state index contributed by atoms with van der Waals surface area (Å²) in [6, 6.07) is 23.8. The van der Waals surface area contributed by atoms with Gasteiger partial charge in [-0.05, 0) is 17.7 Å². The highest BCUT2D eigenvalue weighted by Gasteiger charge is 2.42. The van der Waals surface area contributed by atoms with Crippen molar-refractivity contribution in [2.45, 2.75) is 31.5 Å². The molecule has 2 aliphatic heterocycles. The summed E-state index contributed by atoms with van der Waals surface area (Å²) in [5.74, 6) is -0.706. The largest absolute Gasteiger partial charge is 0.480 e. The summed E-state index contributed by atoms with van der Waals surface area (Å²) in [7, 11) is 0. The van der Waals surface area contributed by atoms with Gasteiger partial charge in [-0.15, -0.1) is 0 Å². The maximum Gasteiger partial charge on any atom is 0.326 e. The fourth-order valence-electron chi connectivity index (χ4n) is 5.09. The fourth-order valence-corrected chi connectivity index (χ4v) is 5.09. The molecule has 174 valence electrons. The number of imidazole rings is 1. The number of carbonyl (C=O) groups is 2. The van der Waals surface area contributed by atoms with E-state index in [-0.39, 0.29) is 18.9 Å². The Balaban J connectivity index is 1.37. The normalized spacial score (nSPS) is 16.6. The van der Waals surface area contributed by atoms with Gasteiger partial charge >= 0.3 is 5.97 Å². The standard InChI is InChI=1S/C28H23N3O4/c32-27(26-19-10-4-6-12-24(19)35-25-13-7-5-11-20(25)26)31-16-21-22(14-23(31)28(33)34)30(17-29-21)15-18-8-2-1-3-9-18/h1-13,17,23,26H,14-16H2,(H,33,34). The Hall–Kier alpha value is -4.39. The van der Waals surface area contributed by atoms with Crippen molar-refractivity contribution in [1.29, 1.82) is 0 Å². The van der Waals surface area contributed by atoms with E-state index in [1.165, 1.54) is 4.90 Å². The first-order valence-electron chi connectivity index (χ1n) is 11.6. The van der Waals surface area contributed by atoms with E-state index >= 15 is 0 Å². The maximum absolute atomic E-state index is 14.1. The van der Waals surface area contributed by atoms with Crippen molar-refractivity contribution in [1.82, 2.24) is 14.5 Å². The number of hydrogen-bond acceptors (Lipinski definition) is 4. The number of benzene rings is 3. The number of ether oxygens (including phenoxy) is 1. The molecule has 1 aromatic heterocycles. The Morgan fingerprint density at radius 1 is 0.914 bits per heavy atom. The molecule has 3 heterocycles. The van der Waals surface area contributed by atoms with Gasteiger partial charge < -0.3 is 19.3 Å². The summed E-state index contributed by atoms with van der Waals surface area (Å²) in [5, 5.41) is 10.1. The van der Waals surface area contributed by atoms with Crippen molar-refractivity contribution in [3.05, 3.63) is 113 Å². The summed E-state index contributed by atoms with van der Waals surface area (Å²) in [6.45, 7) is 0.749. The number of fused-ring (bicyclic) bond motifs is 3. The van der Waals surface area contributed by atoms with Crippen molar-refractivity contribution in [3.8, 4) is 11.5 Å². The van der Waals surface area contributed by atoms with Gasteiger partial charge in [0.15, 0.2) is 0 Å². The van der Waals surface area contributed by atoms with Crippen LogP contribution in [0.2, 0.25) is 0 Å². The molecule has 2 aliphatic rings. The summed E-state index contributed by atoms with van der Waals surface area (Å²) in [4.78, 5) is 32.5. The molecule has 3 aromatic carbocycles. The number of carboxylic acid groups (broad SMARTS) is 1. The number of para-hydroxylation sites is 2. The number of carbonyl (C=O) groups excluding carboxylic acids is 1. The van der Waals surface area contributed by atoms with E-state index in [2.05, 4.69) is 4.98 Å². The smallest absolute Gasteiger partial charge is 0.326 e. The lowest BCUT2D eigenvalue weighted by Gasteiger charge is -2.37.